The van der Waals surface area contributed by atoms with Gasteiger partial charge in [0.1, 0.15) is 0 Å². The SMILES string of the molecule is CCc1nc(CN2CCC3NCCC3C2)cs1. The van der Waals surface area contributed by atoms with Crippen LogP contribution in [0.5, 0.6) is 0 Å². The van der Waals surface area contributed by atoms with Crippen molar-refractivity contribution in [1.82, 2.24) is 15.2 Å². The standard InChI is InChI=1S/C13H21N3S/c1-2-13-15-11(9-17-13)8-16-6-4-12-10(7-16)3-5-14-12/h9-10,12,14H,2-8H2,1H3. The van der Waals surface area contributed by atoms with Crippen molar-refractivity contribution in [3.05, 3.63) is 16.1 Å². The predicted molar refractivity (Wildman–Crippen MR) is 71.3 cm³/mol. The van der Waals surface area contributed by atoms with Crippen LogP contribution in [0.4, 0.5) is 0 Å². The van der Waals surface area contributed by atoms with E-state index >= 15 is 0 Å². The number of rotatable bonds is 3. The summed E-state index contributed by atoms with van der Waals surface area (Å²) < 4.78 is 0. The Morgan fingerprint density at radius 1 is 1.53 bits per heavy atom. The molecule has 2 unspecified atom stereocenters. The van der Waals surface area contributed by atoms with E-state index in [0.29, 0.717) is 0 Å². The molecule has 3 rings (SSSR count). The first kappa shape index (κ1) is 11.6. The van der Waals surface area contributed by atoms with E-state index in [0.717, 1.165) is 24.9 Å². The number of nitrogens with zero attached hydrogens (tertiary/aromatic N) is 2. The molecule has 94 valence electrons. The molecule has 0 spiro atoms. The maximum Gasteiger partial charge on any atom is 0.0926 e. The van der Waals surface area contributed by atoms with Gasteiger partial charge in [-0.2, -0.15) is 0 Å². The lowest BCUT2D eigenvalue weighted by molar-refractivity contribution is 0.154. The minimum atomic E-state index is 0.799. The number of nitrogens with one attached hydrogen (secondary N) is 1. The van der Waals surface area contributed by atoms with Crippen LogP contribution in [0.3, 0.4) is 0 Å². The lowest BCUT2D eigenvalue weighted by Gasteiger charge is -2.34. The molecule has 1 aromatic heterocycles. The summed E-state index contributed by atoms with van der Waals surface area (Å²) >= 11 is 1.81. The number of hydrogen-bond acceptors (Lipinski definition) is 4. The minimum absolute atomic E-state index is 0.799. The van der Waals surface area contributed by atoms with Crippen LogP contribution in [0.2, 0.25) is 0 Å². The monoisotopic (exact) mass is 251 g/mol. The van der Waals surface area contributed by atoms with Crippen LogP contribution >= 0.6 is 11.3 Å². The van der Waals surface area contributed by atoms with Gasteiger partial charge in [-0.1, -0.05) is 6.92 Å². The summed E-state index contributed by atoms with van der Waals surface area (Å²) in [4.78, 5) is 7.26. The maximum atomic E-state index is 4.67. The van der Waals surface area contributed by atoms with E-state index in [1.165, 1.54) is 43.2 Å². The second-order valence-electron chi connectivity index (χ2n) is 5.22. The predicted octanol–water partition coefficient (Wildman–Crippen LogP) is 1.89. The van der Waals surface area contributed by atoms with Crippen LogP contribution in [-0.4, -0.2) is 35.6 Å². The maximum absolute atomic E-state index is 4.67. The number of aryl methyl sites for hydroxylation is 1. The van der Waals surface area contributed by atoms with E-state index in [2.05, 4.69) is 27.5 Å². The summed E-state index contributed by atoms with van der Waals surface area (Å²) in [7, 11) is 0. The molecular weight excluding hydrogens is 230 g/mol. The molecule has 0 radical (unpaired) electrons. The van der Waals surface area contributed by atoms with Gasteiger partial charge in [0.05, 0.1) is 10.7 Å². The van der Waals surface area contributed by atoms with Gasteiger partial charge in [0.25, 0.3) is 0 Å². The van der Waals surface area contributed by atoms with Gasteiger partial charge in [0, 0.05) is 31.1 Å². The fourth-order valence-corrected chi connectivity index (χ4v) is 3.82. The second-order valence-corrected chi connectivity index (χ2v) is 6.16. The summed E-state index contributed by atoms with van der Waals surface area (Å²) in [5.74, 6) is 0.882. The van der Waals surface area contributed by atoms with Crippen molar-refractivity contribution >= 4 is 11.3 Å². The first-order valence-corrected chi connectivity index (χ1v) is 7.62. The second kappa shape index (κ2) is 5.04. The van der Waals surface area contributed by atoms with Gasteiger partial charge in [0.2, 0.25) is 0 Å². The van der Waals surface area contributed by atoms with Crippen LogP contribution in [0.15, 0.2) is 5.38 Å². The van der Waals surface area contributed by atoms with E-state index in [1.54, 1.807) is 0 Å². The van der Waals surface area contributed by atoms with Crippen molar-refractivity contribution in [2.45, 2.75) is 38.8 Å². The Kier molecular flexibility index (Phi) is 3.45. The van der Waals surface area contributed by atoms with Crippen molar-refractivity contribution in [3.63, 3.8) is 0 Å². The van der Waals surface area contributed by atoms with Gasteiger partial charge < -0.3 is 5.32 Å². The number of likely N-dealkylation sites (tertiary alicyclic amines) is 1. The lowest BCUT2D eigenvalue weighted by Crippen LogP contribution is -2.43. The molecule has 2 aliphatic heterocycles. The molecule has 0 saturated carbocycles. The van der Waals surface area contributed by atoms with Gasteiger partial charge >= 0.3 is 0 Å². The van der Waals surface area contributed by atoms with Crippen LogP contribution in [-0.2, 0) is 13.0 Å². The topological polar surface area (TPSA) is 28.2 Å². The van der Waals surface area contributed by atoms with Crippen LogP contribution in [0.25, 0.3) is 0 Å². The highest BCUT2D eigenvalue weighted by molar-refractivity contribution is 7.09. The highest BCUT2D eigenvalue weighted by atomic mass is 32.1. The first-order chi connectivity index (χ1) is 8.35. The highest BCUT2D eigenvalue weighted by Gasteiger charge is 2.32. The van der Waals surface area contributed by atoms with Gasteiger partial charge in [-0.25, -0.2) is 4.98 Å². The molecule has 2 fully saturated rings. The molecule has 2 saturated heterocycles. The van der Waals surface area contributed by atoms with E-state index in [4.69, 9.17) is 0 Å². The minimum Gasteiger partial charge on any atom is -0.314 e. The zero-order chi connectivity index (χ0) is 11.7. The zero-order valence-corrected chi connectivity index (χ0v) is 11.3. The highest BCUT2D eigenvalue weighted by Crippen LogP contribution is 2.25. The van der Waals surface area contributed by atoms with Crippen molar-refractivity contribution in [1.29, 1.82) is 0 Å². The average molecular weight is 251 g/mol. The molecule has 1 aromatic rings. The Labute approximate surface area is 107 Å². The fourth-order valence-electron chi connectivity index (χ4n) is 3.08. The van der Waals surface area contributed by atoms with Crippen molar-refractivity contribution in [2.24, 2.45) is 5.92 Å². The van der Waals surface area contributed by atoms with Gasteiger partial charge in [0.15, 0.2) is 0 Å². The molecule has 2 aliphatic rings. The molecule has 0 aliphatic carbocycles. The van der Waals surface area contributed by atoms with E-state index in [9.17, 15) is 0 Å². The quantitative estimate of drug-likeness (QED) is 0.889. The zero-order valence-electron chi connectivity index (χ0n) is 10.5. The number of aromatic nitrogens is 1. The van der Waals surface area contributed by atoms with Gasteiger partial charge in [-0.15, -0.1) is 11.3 Å². The summed E-state index contributed by atoms with van der Waals surface area (Å²) in [6, 6.07) is 0.799. The smallest absolute Gasteiger partial charge is 0.0926 e. The number of piperidine rings is 1. The average Bonchev–Trinajstić information content (AvgIpc) is 2.96. The summed E-state index contributed by atoms with van der Waals surface area (Å²) in [5.41, 5.74) is 1.27. The number of thiazole rings is 1. The Morgan fingerprint density at radius 3 is 3.29 bits per heavy atom. The molecule has 3 heterocycles. The Morgan fingerprint density at radius 2 is 2.47 bits per heavy atom. The molecule has 0 bridgehead atoms. The molecule has 0 amide bonds. The van der Waals surface area contributed by atoms with Crippen LogP contribution < -0.4 is 5.32 Å². The Balaban J connectivity index is 1.58. The molecule has 4 heteroatoms. The largest absolute Gasteiger partial charge is 0.314 e. The van der Waals surface area contributed by atoms with E-state index in [-0.39, 0.29) is 0 Å². The normalized spacial score (nSPS) is 29.5. The van der Waals surface area contributed by atoms with Crippen molar-refractivity contribution < 1.29 is 0 Å². The molecule has 17 heavy (non-hydrogen) atoms. The van der Waals surface area contributed by atoms with Gasteiger partial charge in [-0.05, 0) is 31.7 Å². The van der Waals surface area contributed by atoms with Crippen molar-refractivity contribution in [2.75, 3.05) is 19.6 Å². The molecule has 2 atom stereocenters. The molecule has 0 aromatic carbocycles. The van der Waals surface area contributed by atoms with E-state index < -0.39 is 0 Å². The fraction of sp³-hybridized carbons (Fsp3) is 0.769. The third-order valence-corrected chi connectivity index (χ3v) is 5.07. The van der Waals surface area contributed by atoms with Gasteiger partial charge in [-0.3, -0.25) is 4.90 Å². The summed E-state index contributed by atoms with van der Waals surface area (Å²) in [6.45, 7) is 6.95. The number of fused-ring (bicyclic) bond motifs is 1. The third-order valence-electron chi connectivity index (χ3n) is 4.03. The molecule has 1 N–H and O–H groups in total. The summed E-state index contributed by atoms with van der Waals surface area (Å²) in [5, 5.41) is 7.13. The van der Waals surface area contributed by atoms with Crippen LogP contribution in [0.1, 0.15) is 30.5 Å². The molecule has 3 nitrogen and oxygen atoms in total. The third kappa shape index (κ3) is 2.54. The summed E-state index contributed by atoms with van der Waals surface area (Å²) in [6.07, 6.45) is 3.74. The molecular formula is C13H21N3S. The van der Waals surface area contributed by atoms with Crippen LogP contribution in [0, 0.1) is 5.92 Å². The first-order valence-electron chi connectivity index (χ1n) is 6.74. The number of hydrogen-bond donors (Lipinski definition) is 1. The van der Waals surface area contributed by atoms with Crippen molar-refractivity contribution in [3.8, 4) is 0 Å². The Hall–Kier alpha value is -0.450. The Bertz CT molecular complexity index is 376. The van der Waals surface area contributed by atoms with E-state index in [1.807, 2.05) is 11.3 Å². The lowest BCUT2D eigenvalue weighted by atomic mass is 9.93.